The van der Waals surface area contributed by atoms with Gasteiger partial charge in [0.05, 0.1) is 48.1 Å². The highest BCUT2D eigenvalue weighted by molar-refractivity contribution is 5.92. The molecule has 39 heavy (non-hydrogen) atoms. The summed E-state index contributed by atoms with van der Waals surface area (Å²) in [6.07, 6.45) is 2.57. The van der Waals surface area contributed by atoms with Crippen LogP contribution in [0.3, 0.4) is 0 Å². The van der Waals surface area contributed by atoms with Gasteiger partial charge in [0.1, 0.15) is 30.0 Å². The molecule has 5 rings (SSSR count). The lowest BCUT2D eigenvalue weighted by atomic mass is 10.1. The van der Waals surface area contributed by atoms with E-state index in [1.54, 1.807) is 47.1 Å². The third-order valence-corrected chi connectivity index (χ3v) is 6.31. The minimum Gasteiger partial charge on any atom is -0.457 e. The highest BCUT2D eigenvalue weighted by Crippen LogP contribution is 2.33. The average Bonchev–Trinajstić information content (AvgIpc) is 3.25. The lowest BCUT2D eigenvalue weighted by molar-refractivity contribution is 0.0290. The van der Waals surface area contributed by atoms with Crippen molar-refractivity contribution in [1.29, 1.82) is 5.26 Å². The molecule has 0 atom stereocenters. The molecule has 2 aromatic carbocycles. The number of aryl methyl sites for hydroxylation is 1. The number of amides is 1. The van der Waals surface area contributed by atoms with Crippen LogP contribution in [0, 0.1) is 24.1 Å². The molecule has 0 saturated carbocycles. The summed E-state index contributed by atoms with van der Waals surface area (Å²) in [7, 11) is 0. The van der Waals surface area contributed by atoms with Crippen molar-refractivity contribution in [1.82, 2.24) is 14.5 Å². The monoisotopic (exact) mass is 530 g/mol. The van der Waals surface area contributed by atoms with Crippen LogP contribution in [0.4, 0.5) is 26.2 Å². The summed E-state index contributed by atoms with van der Waals surface area (Å²) in [5.74, 6) is 0.542. The fraction of sp³-hybridized carbons (Fsp3) is 0.250. The topological polar surface area (TPSA) is 113 Å². The Bertz CT molecular complexity index is 1510. The quantitative estimate of drug-likeness (QED) is 0.325. The second-order valence-corrected chi connectivity index (χ2v) is 8.93. The van der Waals surface area contributed by atoms with Gasteiger partial charge in [0.2, 0.25) is 0 Å². The van der Waals surface area contributed by atoms with E-state index >= 15 is 0 Å². The molecule has 3 heterocycles. The van der Waals surface area contributed by atoms with E-state index < -0.39 is 6.09 Å². The van der Waals surface area contributed by atoms with Crippen molar-refractivity contribution in [2.45, 2.75) is 6.92 Å². The zero-order valence-corrected chi connectivity index (χ0v) is 21.3. The summed E-state index contributed by atoms with van der Waals surface area (Å²) in [6, 6.07) is 15.1. The van der Waals surface area contributed by atoms with Gasteiger partial charge in [0, 0.05) is 37.0 Å². The van der Waals surface area contributed by atoms with Crippen LogP contribution in [0.1, 0.15) is 11.1 Å². The largest absolute Gasteiger partial charge is 0.457 e. The van der Waals surface area contributed by atoms with Crippen LogP contribution in [-0.2, 0) is 9.47 Å². The van der Waals surface area contributed by atoms with E-state index in [4.69, 9.17) is 14.2 Å². The second-order valence-electron chi connectivity index (χ2n) is 8.93. The highest BCUT2D eigenvalue weighted by Gasteiger charge is 2.18. The van der Waals surface area contributed by atoms with Crippen molar-refractivity contribution in [3.05, 3.63) is 77.9 Å². The summed E-state index contributed by atoms with van der Waals surface area (Å²) < 4.78 is 31.5. The first-order valence-corrected chi connectivity index (χ1v) is 12.5. The maximum absolute atomic E-state index is 13.4. The van der Waals surface area contributed by atoms with Crippen molar-refractivity contribution in [3.63, 3.8) is 0 Å². The van der Waals surface area contributed by atoms with E-state index in [1.807, 2.05) is 6.92 Å². The van der Waals surface area contributed by atoms with Gasteiger partial charge < -0.3 is 19.5 Å². The van der Waals surface area contributed by atoms with Crippen molar-refractivity contribution in [3.8, 4) is 17.6 Å². The van der Waals surface area contributed by atoms with Crippen molar-refractivity contribution < 1.29 is 23.4 Å². The van der Waals surface area contributed by atoms with Crippen LogP contribution in [0.5, 0.6) is 11.5 Å². The van der Waals surface area contributed by atoms with Crippen LogP contribution in [0.25, 0.3) is 5.52 Å². The number of nitrogens with zero attached hydrogens (tertiary/aromatic N) is 4. The molecule has 0 spiro atoms. The van der Waals surface area contributed by atoms with Crippen LogP contribution in [0.2, 0.25) is 0 Å². The number of morpholine rings is 1. The molecule has 1 saturated heterocycles. The average molecular weight is 531 g/mol. The lowest BCUT2D eigenvalue weighted by Gasteiger charge is -2.26. The van der Waals surface area contributed by atoms with Crippen LogP contribution < -0.4 is 15.4 Å². The number of anilines is 3. The summed E-state index contributed by atoms with van der Waals surface area (Å²) in [4.78, 5) is 14.6. The molecule has 1 aliphatic rings. The molecule has 2 aromatic heterocycles. The molecule has 11 heteroatoms. The molecule has 1 aliphatic heterocycles. The van der Waals surface area contributed by atoms with Crippen molar-refractivity contribution in [2.24, 2.45) is 0 Å². The Balaban J connectivity index is 1.29. The Kier molecular flexibility index (Phi) is 7.86. The van der Waals surface area contributed by atoms with E-state index in [0.717, 1.165) is 18.7 Å². The molecule has 0 radical (unpaired) electrons. The summed E-state index contributed by atoms with van der Waals surface area (Å²) >= 11 is 0. The second kappa shape index (κ2) is 11.8. The van der Waals surface area contributed by atoms with Gasteiger partial charge in [-0.3, -0.25) is 10.2 Å². The third kappa shape index (κ3) is 6.26. The number of fused-ring (bicyclic) bond motifs is 1. The SMILES string of the molecule is Cc1c(NC(=O)OCCN2CCOCC2)cn2ncc(C#N)c(Nc3ccc(Oc4cccc(F)c4)cc3)c12. The van der Waals surface area contributed by atoms with E-state index in [2.05, 4.69) is 26.7 Å². The van der Waals surface area contributed by atoms with Gasteiger partial charge in [-0.15, -0.1) is 0 Å². The number of benzene rings is 2. The van der Waals surface area contributed by atoms with Crippen molar-refractivity contribution in [2.75, 3.05) is 50.1 Å². The first-order chi connectivity index (χ1) is 19.0. The predicted molar refractivity (Wildman–Crippen MR) is 143 cm³/mol. The Morgan fingerprint density at radius 3 is 2.72 bits per heavy atom. The molecule has 10 nitrogen and oxygen atoms in total. The van der Waals surface area contributed by atoms with Crippen LogP contribution in [0.15, 0.2) is 60.9 Å². The number of ether oxygens (including phenoxy) is 3. The van der Waals surface area contributed by atoms with Gasteiger partial charge in [-0.05, 0) is 43.3 Å². The number of carbonyl (C=O) groups excluding carboxylic acids is 1. The molecule has 0 aliphatic carbocycles. The smallest absolute Gasteiger partial charge is 0.411 e. The standard InChI is InChI=1S/C28H27FN6O4/c1-19-25(33-28(36)38-14-11-34-9-12-37-13-10-34)18-35-27(19)26(20(16-30)17-31-35)32-22-5-7-23(8-6-22)39-24-4-2-3-21(29)15-24/h2-8,15,17-18,32H,9-14H2,1H3,(H,33,36). The van der Waals surface area contributed by atoms with Gasteiger partial charge in [0.15, 0.2) is 0 Å². The number of aromatic nitrogens is 2. The Morgan fingerprint density at radius 2 is 1.97 bits per heavy atom. The van der Waals surface area contributed by atoms with Gasteiger partial charge in [-0.1, -0.05) is 6.07 Å². The lowest BCUT2D eigenvalue weighted by Crippen LogP contribution is -2.38. The first kappa shape index (κ1) is 26.0. The molecule has 200 valence electrons. The normalized spacial score (nSPS) is 13.6. The predicted octanol–water partition coefficient (Wildman–Crippen LogP) is 5.07. The number of halogens is 1. The zero-order valence-electron chi connectivity index (χ0n) is 21.3. The Labute approximate surface area is 224 Å². The summed E-state index contributed by atoms with van der Waals surface area (Å²) in [5.41, 5.74) is 3.46. The fourth-order valence-corrected chi connectivity index (χ4v) is 4.28. The first-order valence-electron chi connectivity index (χ1n) is 12.5. The molecule has 1 amide bonds. The molecule has 2 N–H and O–H groups in total. The maximum Gasteiger partial charge on any atom is 0.411 e. The Hall–Kier alpha value is -4.66. The summed E-state index contributed by atoms with van der Waals surface area (Å²) in [6.45, 7) is 5.75. The number of nitrogens with one attached hydrogen (secondary N) is 2. The van der Waals surface area contributed by atoms with Crippen LogP contribution >= 0.6 is 0 Å². The number of nitriles is 1. The zero-order chi connectivity index (χ0) is 27.2. The van der Waals surface area contributed by atoms with E-state index in [1.165, 1.54) is 18.3 Å². The van der Waals surface area contributed by atoms with Gasteiger partial charge in [-0.2, -0.15) is 10.4 Å². The molecular weight excluding hydrogens is 503 g/mol. The van der Waals surface area contributed by atoms with E-state index in [-0.39, 0.29) is 12.4 Å². The summed E-state index contributed by atoms with van der Waals surface area (Å²) in [5, 5.41) is 20.1. The molecule has 1 fully saturated rings. The number of hydrogen-bond donors (Lipinski definition) is 2. The minimum atomic E-state index is -0.564. The number of rotatable bonds is 8. The van der Waals surface area contributed by atoms with Crippen molar-refractivity contribution >= 4 is 28.7 Å². The molecule has 4 aromatic rings. The number of hydrogen-bond acceptors (Lipinski definition) is 8. The van der Waals surface area contributed by atoms with E-state index in [9.17, 15) is 14.4 Å². The minimum absolute atomic E-state index is 0.265. The third-order valence-electron chi connectivity index (χ3n) is 6.31. The van der Waals surface area contributed by atoms with Crippen LogP contribution in [-0.4, -0.2) is 60.1 Å². The molecule has 0 unspecified atom stereocenters. The number of carbonyl (C=O) groups is 1. The highest BCUT2D eigenvalue weighted by atomic mass is 19.1. The van der Waals surface area contributed by atoms with Gasteiger partial charge in [-0.25, -0.2) is 13.7 Å². The van der Waals surface area contributed by atoms with Gasteiger partial charge in [0.25, 0.3) is 0 Å². The molecular formula is C28H27FN6O4. The van der Waals surface area contributed by atoms with E-state index in [0.29, 0.717) is 59.4 Å². The maximum atomic E-state index is 13.4. The van der Waals surface area contributed by atoms with Gasteiger partial charge >= 0.3 is 6.09 Å². The molecule has 0 bridgehead atoms. The fourth-order valence-electron chi connectivity index (χ4n) is 4.28. The Morgan fingerprint density at radius 1 is 1.18 bits per heavy atom.